The summed E-state index contributed by atoms with van der Waals surface area (Å²) >= 11 is 1.05. The maximum Gasteiger partial charge on any atom is 1.00 e. The van der Waals surface area contributed by atoms with Gasteiger partial charge in [0.05, 0.1) is 28.8 Å². The number of thiazole rings is 1. The zero-order chi connectivity index (χ0) is 17.7. The molecule has 0 aliphatic carbocycles. The number of benzene rings is 1. The Morgan fingerprint density at radius 1 is 1.36 bits per heavy atom. The minimum Gasteiger partial charge on any atom is -0.543 e. The first-order valence-corrected chi connectivity index (χ1v) is 8.18. The van der Waals surface area contributed by atoms with Crippen molar-refractivity contribution in [3.05, 3.63) is 45.4 Å². The molecule has 0 fully saturated rings. The van der Waals surface area contributed by atoms with Crippen molar-refractivity contribution in [3.8, 4) is 5.75 Å². The third-order valence-corrected chi connectivity index (χ3v) is 4.09. The number of carboxylic acid groups (broad SMARTS) is 1. The van der Waals surface area contributed by atoms with E-state index in [2.05, 4.69) is 4.98 Å². The van der Waals surface area contributed by atoms with Crippen LogP contribution in [0.5, 0.6) is 5.75 Å². The molecule has 25 heavy (non-hydrogen) atoms. The van der Waals surface area contributed by atoms with Crippen LogP contribution in [0.1, 0.15) is 46.4 Å². The molecule has 0 amide bonds. The molecule has 0 saturated carbocycles. The Morgan fingerprint density at radius 3 is 2.64 bits per heavy atom. The molecule has 0 radical (unpaired) electrons. The molecular formula is C16H15F3NNaO3S. The van der Waals surface area contributed by atoms with Crippen LogP contribution in [0.2, 0.25) is 0 Å². The monoisotopic (exact) mass is 381 g/mol. The molecule has 1 aromatic carbocycles. The van der Waals surface area contributed by atoms with Gasteiger partial charge >= 0.3 is 35.7 Å². The Hall–Kier alpha value is -1.09. The van der Waals surface area contributed by atoms with Crippen LogP contribution < -0.4 is 39.4 Å². The fraction of sp³-hybridized carbons (Fsp3) is 0.375. The summed E-state index contributed by atoms with van der Waals surface area (Å²) in [5, 5.41) is 12.4. The smallest absolute Gasteiger partial charge is 0.543 e. The Morgan fingerprint density at radius 2 is 2.08 bits per heavy atom. The van der Waals surface area contributed by atoms with Gasteiger partial charge in [-0.2, -0.15) is 13.2 Å². The average molecular weight is 381 g/mol. The number of ether oxygens (including phenoxy) is 1. The first-order chi connectivity index (χ1) is 11.3. The van der Waals surface area contributed by atoms with Crippen LogP contribution in [-0.2, 0) is 12.6 Å². The molecule has 1 aromatic heterocycles. The van der Waals surface area contributed by atoms with Gasteiger partial charge in [0.1, 0.15) is 5.75 Å². The van der Waals surface area contributed by atoms with E-state index in [1.54, 1.807) is 0 Å². The molecule has 0 bridgehead atoms. The Balaban J connectivity index is 0.00000312. The molecule has 9 heteroatoms. The first kappa shape index (κ1) is 22.0. The summed E-state index contributed by atoms with van der Waals surface area (Å²) in [6, 6.07) is 3.28. The van der Waals surface area contributed by atoms with Crippen molar-refractivity contribution < 1.29 is 57.4 Å². The quantitative estimate of drug-likeness (QED) is 0.511. The summed E-state index contributed by atoms with van der Waals surface area (Å²) in [6.45, 7) is 2.38. The number of alkyl halides is 3. The SMILES string of the molecule is CCCCOc1ccc(C(F)(F)F)cc1Cc1nc(C(=O)[O-])cs1.[Na+]. The Labute approximate surface area is 169 Å². The van der Waals surface area contributed by atoms with E-state index in [0.717, 1.165) is 36.3 Å². The van der Waals surface area contributed by atoms with Crippen LogP contribution in [0.4, 0.5) is 13.2 Å². The van der Waals surface area contributed by atoms with E-state index in [1.165, 1.54) is 11.4 Å². The molecule has 2 rings (SSSR count). The van der Waals surface area contributed by atoms with Crippen molar-refractivity contribution in [2.75, 3.05) is 6.61 Å². The number of carbonyl (C=O) groups is 1. The van der Waals surface area contributed by atoms with Crippen molar-refractivity contribution >= 4 is 17.3 Å². The molecule has 0 N–H and O–H groups in total. The van der Waals surface area contributed by atoms with E-state index in [1.807, 2.05) is 6.92 Å². The van der Waals surface area contributed by atoms with E-state index in [4.69, 9.17) is 4.74 Å². The Kier molecular flexibility index (Phi) is 8.40. The van der Waals surface area contributed by atoms with Crippen molar-refractivity contribution in [3.63, 3.8) is 0 Å². The van der Waals surface area contributed by atoms with Gasteiger partial charge in [0.15, 0.2) is 0 Å². The Bertz CT molecular complexity index is 719. The number of halogens is 3. The third-order valence-electron chi connectivity index (χ3n) is 3.25. The van der Waals surface area contributed by atoms with Crippen LogP contribution >= 0.6 is 11.3 Å². The molecular weight excluding hydrogens is 366 g/mol. The van der Waals surface area contributed by atoms with Gasteiger partial charge < -0.3 is 14.6 Å². The number of nitrogens with zero attached hydrogens (tertiary/aromatic N) is 1. The third kappa shape index (κ3) is 6.29. The van der Waals surface area contributed by atoms with Crippen LogP contribution in [0.15, 0.2) is 23.6 Å². The fourth-order valence-corrected chi connectivity index (χ4v) is 2.80. The summed E-state index contributed by atoms with van der Waals surface area (Å²) in [5.74, 6) is -1.07. The number of carboxylic acids is 1. The minimum absolute atomic E-state index is 0. The summed E-state index contributed by atoms with van der Waals surface area (Å²) in [4.78, 5) is 14.6. The molecule has 0 saturated heterocycles. The summed E-state index contributed by atoms with van der Waals surface area (Å²) < 4.78 is 44.3. The molecule has 130 valence electrons. The van der Waals surface area contributed by atoms with Gasteiger partial charge in [0.25, 0.3) is 0 Å². The van der Waals surface area contributed by atoms with Crippen molar-refractivity contribution in [1.29, 1.82) is 0 Å². The van der Waals surface area contributed by atoms with Crippen molar-refractivity contribution in [2.45, 2.75) is 32.4 Å². The number of rotatable bonds is 7. The predicted octanol–water partition coefficient (Wildman–Crippen LogP) is 0.299. The topological polar surface area (TPSA) is 62.2 Å². The van der Waals surface area contributed by atoms with Crippen LogP contribution in [0.3, 0.4) is 0 Å². The first-order valence-electron chi connectivity index (χ1n) is 7.30. The summed E-state index contributed by atoms with van der Waals surface area (Å²) in [5.41, 5.74) is -0.687. The van der Waals surface area contributed by atoms with Gasteiger partial charge in [0.2, 0.25) is 0 Å². The van der Waals surface area contributed by atoms with Gasteiger partial charge in [-0.05, 0) is 24.6 Å². The van der Waals surface area contributed by atoms with Gasteiger partial charge in [-0.25, -0.2) is 4.98 Å². The second-order valence-electron chi connectivity index (χ2n) is 5.11. The fourth-order valence-electron chi connectivity index (χ4n) is 2.01. The second-order valence-corrected chi connectivity index (χ2v) is 6.06. The van der Waals surface area contributed by atoms with E-state index < -0.39 is 17.7 Å². The van der Waals surface area contributed by atoms with Crippen LogP contribution in [-0.4, -0.2) is 17.6 Å². The number of hydrogen-bond donors (Lipinski definition) is 0. The van der Waals surface area contributed by atoms with Gasteiger partial charge in [-0.3, -0.25) is 0 Å². The summed E-state index contributed by atoms with van der Waals surface area (Å²) in [6.07, 6.45) is -2.72. The number of aromatic nitrogens is 1. The average Bonchev–Trinajstić information content (AvgIpc) is 2.96. The largest absolute Gasteiger partial charge is 1.00 e. The van der Waals surface area contributed by atoms with Crippen LogP contribution in [0, 0.1) is 0 Å². The second kappa shape index (κ2) is 9.56. The van der Waals surface area contributed by atoms with E-state index in [-0.39, 0.29) is 41.7 Å². The van der Waals surface area contributed by atoms with Crippen molar-refractivity contribution in [1.82, 2.24) is 4.98 Å². The number of carbonyl (C=O) groups excluding carboxylic acids is 1. The van der Waals surface area contributed by atoms with Crippen molar-refractivity contribution in [2.24, 2.45) is 0 Å². The summed E-state index contributed by atoms with van der Waals surface area (Å²) in [7, 11) is 0. The molecule has 0 atom stereocenters. The zero-order valence-corrected chi connectivity index (χ0v) is 16.7. The molecule has 1 heterocycles. The molecule has 0 spiro atoms. The van der Waals surface area contributed by atoms with E-state index in [0.29, 0.717) is 22.9 Å². The maximum atomic E-state index is 12.9. The normalized spacial score (nSPS) is 11.0. The predicted molar refractivity (Wildman–Crippen MR) is 81.1 cm³/mol. The van der Waals surface area contributed by atoms with E-state index >= 15 is 0 Å². The molecule has 0 aliphatic heterocycles. The number of unbranched alkanes of at least 4 members (excludes halogenated alkanes) is 1. The van der Waals surface area contributed by atoms with Gasteiger partial charge in [0, 0.05) is 17.4 Å². The maximum absolute atomic E-state index is 12.9. The molecule has 2 aromatic rings. The minimum atomic E-state index is -4.46. The zero-order valence-electron chi connectivity index (χ0n) is 13.9. The van der Waals surface area contributed by atoms with Crippen LogP contribution in [0.25, 0.3) is 0 Å². The molecule has 4 nitrogen and oxygen atoms in total. The standard InChI is InChI=1S/C16H16F3NO3S.Na/c1-2-3-6-23-13-5-4-11(16(17,18)19)7-10(13)8-14-20-12(9-24-14)15(21)22;/h4-5,7,9H,2-3,6,8H2,1H3,(H,21,22);/q;+1/p-1. The molecule has 0 unspecified atom stereocenters. The van der Waals surface area contributed by atoms with Gasteiger partial charge in [-0.1, -0.05) is 13.3 Å². The molecule has 0 aliphatic rings. The van der Waals surface area contributed by atoms with Gasteiger partial charge in [-0.15, -0.1) is 11.3 Å². The van der Waals surface area contributed by atoms with E-state index in [9.17, 15) is 23.1 Å². The number of hydrogen-bond acceptors (Lipinski definition) is 5. The number of aromatic carboxylic acids is 1.